The Labute approximate surface area is 129 Å². The van der Waals surface area contributed by atoms with Crippen LogP contribution >= 0.6 is 27.5 Å². The fourth-order valence-corrected chi connectivity index (χ4v) is 2.90. The minimum atomic E-state index is -1.07. The van der Waals surface area contributed by atoms with Crippen LogP contribution in [0.4, 0.5) is 10.6 Å². The fraction of sp³-hybridized carbons (Fsp3) is 0.231. The highest BCUT2D eigenvalue weighted by Gasteiger charge is 2.28. The Morgan fingerprint density at radius 3 is 2.65 bits per heavy atom. The zero-order valence-corrected chi connectivity index (χ0v) is 13.3. The van der Waals surface area contributed by atoms with Gasteiger partial charge in [0.05, 0.1) is 16.7 Å². The summed E-state index contributed by atoms with van der Waals surface area (Å²) in [4.78, 5) is 12.9. The third kappa shape index (κ3) is 2.66. The Morgan fingerprint density at radius 2 is 2.15 bits per heavy atom. The summed E-state index contributed by atoms with van der Waals surface area (Å²) in [6, 6.07) is 6.76. The predicted octanol–water partition coefficient (Wildman–Crippen LogP) is 4.08. The molecule has 0 spiro atoms. The minimum absolute atomic E-state index is 0.437. The highest BCUT2D eigenvalue weighted by atomic mass is 79.9. The van der Waals surface area contributed by atoms with Gasteiger partial charge < -0.3 is 5.11 Å². The highest BCUT2D eigenvalue weighted by Crippen LogP contribution is 2.34. The predicted molar refractivity (Wildman–Crippen MR) is 81.3 cm³/mol. The van der Waals surface area contributed by atoms with Crippen LogP contribution in [0.2, 0.25) is 5.02 Å². The first-order valence-corrected chi connectivity index (χ1v) is 7.04. The number of aromatic nitrogens is 2. The summed E-state index contributed by atoms with van der Waals surface area (Å²) < 4.78 is 2.12. The molecule has 0 saturated carbocycles. The fourth-order valence-electron chi connectivity index (χ4n) is 2.07. The van der Waals surface area contributed by atoms with Crippen LogP contribution in [-0.2, 0) is 7.05 Å². The topological polar surface area (TPSA) is 58.4 Å². The second-order valence-corrected chi connectivity index (χ2v) is 5.55. The van der Waals surface area contributed by atoms with Gasteiger partial charge in [-0.3, -0.25) is 9.58 Å². The standard InChI is InChI=1S/C13H13BrClN3O2/c1-8(9-5-3-4-6-11(9)15)18(13(19)20)12-10(14)7-16-17(12)2/h3-8H,1-2H3,(H,19,20)/t8-/m1/s1. The van der Waals surface area contributed by atoms with Crippen LogP contribution in [0.1, 0.15) is 18.5 Å². The van der Waals surface area contributed by atoms with E-state index in [1.807, 2.05) is 18.2 Å². The minimum Gasteiger partial charge on any atom is -0.465 e. The van der Waals surface area contributed by atoms with Crippen molar-refractivity contribution >= 4 is 39.4 Å². The summed E-state index contributed by atoms with van der Waals surface area (Å²) in [5.41, 5.74) is 0.740. The molecule has 7 heteroatoms. The first kappa shape index (κ1) is 14.9. The molecule has 0 bridgehead atoms. The third-order valence-corrected chi connectivity index (χ3v) is 3.94. The second-order valence-electron chi connectivity index (χ2n) is 4.29. The monoisotopic (exact) mass is 357 g/mol. The van der Waals surface area contributed by atoms with Crippen LogP contribution in [0.5, 0.6) is 0 Å². The van der Waals surface area contributed by atoms with Crippen molar-refractivity contribution in [3.63, 3.8) is 0 Å². The van der Waals surface area contributed by atoms with E-state index in [-0.39, 0.29) is 0 Å². The van der Waals surface area contributed by atoms with E-state index in [2.05, 4.69) is 21.0 Å². The maximum absolute atomic E-state index is 11.6. The third-order valence-electron chi connectivity index (χ3n) is 3.04. The van der Waals surface area contributed by atoms with Gasteiger partial charge in [0, 0.05) is 12.1 Å². The molecule has 20 heavy (non-hydrogen) atoms. The van der Waals surface area contributed by atoms with Gasteiger partial charge in [0.1, 0.15) is 0 Å². The molecule has 106 valence electrons. The molecule has 0 fully saturated rings. The number of aryl methyl sites for hydroxylation is 1. The van der Waals surface area contributed by atoms with E-state index in [0.717, 1.165) is 5.56 Å². The maximum Gasteiger partial charge on any atom is 0.413 e. The van der Waals surface area contributed by atoms with Gasteiger partial charge >= 0.3 is 6.09 Å². The smallest absolute Gasteiger partial charge is 0.413 e. The highest BCUT2D eigenvalue weighted by molar-refractivity contribution is 9.10. The quantitative estimate of drug-likeness (QED) is 0.899. The van der Waals surface area contributed by atoms with E-state index in [1.54, 1.807) is 26.2 Å². The molecule has 1 amide bonds. The molecular formula is C13H13BrClN3O2. The number of carbonyl (C=O) groups is 1. The van der Waals surface area contributed by atoms with E-state index in [9.17, 15) is 9.90 Å². The molecular weight excluding hydrogens is 346 g/mol. The summed E-state index contributed by atoms with van der Waals surface area (Å²) >= 11 is 9.48. The lowest BCUT2D eigenvalue weighted by Gasteiger charge is -2.27. The summed E-state index contributed by atoms with van der Waals surface area (Å²) in [6.45, 7) is 1.79. The summed E-state index contributed by atoms with van der Waals surface area (Å²) in [5.74, 6) is 0.463. The van der Waals surface area contributed by atoms with Crippen LogP contribution in [0.25, 0.3) is 0 Å². The number of amides is 1. The molecule has 0 radical (unpaired) electrons. The number of hydrogen-bond acceptors (Lipinski definition) is 2. The number of halogens is 2. The van der Waals surface area contributed by atoms with Gasteiger partial charge in [-0.2, -0.15) is 5.10 Å². The molecule has 1 atom stereocenters. The van der Waals surface area contributed by atoms with Crippen LogP contribution in [0.15, 0.2) is 34.9 Å². The molecule has 1 N–H and O–H groups in total. The van der Waals surface area contributed by atoms with Crippen molar-refractivity contribution in [3.8, 4) is 0 Å². The lowest BCUT2D eigenvalue weighted by molar-refractivity contribution is 0.199. The van der Waals surface area contributed by atoms with Gasteiger partial charge in [-0.1, -0.05) is 29.8 Å². The van der Waals surface area contributed by atoms with Crippen molar-refractivity contribution < 1.29 is 9.90 Å². The van der Waals surface area contributed by atoms with Gasteiger partial charge in [0.15, 0.2) is 5.82 Å². The van der Waals surface area contributed by atoms with Crippen molar-refractivity contribution in [1.29, 1.82) is 0 Å². The molecule has 2 rings (SSSR count). The van der Waals surface area contributed by atoms with E-state index >= 15 is 0 Å². The maximum atomic E-state index is 11.6. The van der Waals surface area contributed by atoms with Crippen molar-refractivity contribution in [2.45, 2.75) is 13.0 Å². The lowest BCUT2D eigenvalue weighted by Crippen LogP contribution is -2.34. The normalized spacial score (nSPS) is 12.2. The van der Waals surface area contributed by atoms with Crippen LogP contribution < -0.4 is 4.90 Å². The Bertz CT molecular complexity index is 625. The van der Waals surface area contributed by atoms with E-state index < -0.39 is 12.1 Å². The van der Waals surface area contributed by atoms with Crippen molar-refractivity contribution in [3.05, 3.63) is 45.5 Å². The van der Waals surface area contributed by atoms with Gasteiger partial charge in [0.25, 0.3) is 0 Å². The number of carboxylic acid groups (broad SMARTS) is 1. The Balaban J connectivity index is 2.50. The van der Waals surface area contributed by atoms with E-state index in [4.69, 9.17) is 11.6 Å². The molecule has 2 aromatic rings. The molecule has 0 aliphatic heterocycles. The summed E-state index contributed by atoms with van der Waals surface area (Å²) in [7, 11) is 1.69. The van der Waals surface area contributed by atoms with Crippen LogP contribution in [0.3, 0.4) is 0 Å². The van der Waals surface area contributed by atoms with Gasteiger partial charge in [-0.05, 0) is 34.5 Å². The van der Waals surface area contributed by atoms with E-state index in [0.29, 0.717) is 15.3 Å². The molecule has 0 saturated heterocycles. The van der Waals surface area contributed by atoms with E-state index in [1.165, 1.54) is 9.58 Å². The SMILES string of the molecule is C[C@H](c1ccccc1Cl)N(C(=O)O)c1c(Br)cnn1C. The number of rotatable bonds is 3. The lowest BCUT2D eigenvalue weighted by atomic mass is 10.1. The molecule has 0 aliphatic rings. The average molecular weight is 359 g/mol. The van der Waals surface area contributed by atoms with Crippen molar-refractivity contribution in [2.75, 3.05) is 4.90 Å². The number of nitrogens with zero attached hydrogens (tertiary/aromatic N) is 3. The Kier molecular flexibility index (Phi) is 4.35. The van der Waals surface area contributed by atoms with Gasteiger partial charge in [-0.15, -0.1) is 0 Å². The van der Waals surface area contributed by atoms with Gasteiger partial charge in [0.2, 0.25) is 0 Å². The number of anilines is 1. The Hall–Kier alpha value is -1.53. The first-order valence-electron chi connectivity index (χ1n) is 5.87. The van der Waals surface area contributed by atoms with Crippen LogP contribution in [0, 0.1) is 0 Å². The molecule has 5 nitrogen and oxygen atoms in total. The number of benzene rings is 1. The number of hydrogen-bond donors (Lipinski definition) is 1. The Morgan fingerprint density at radius 1 is 1.50 bits per heavy atom. The zero-order chi connectivity index (χ0) is 14.9. The van der Waals surface area contributed by atoms with Crippen LogP contribution in [-0.4, -0.2) is 21.0 Å². The zero-order valence-electron chi connectivity index (χ0n) is 10.9. The molecule has 1 aromatic carbocycles. The van der Waals surface area contributed by atoms with Gasteiger partial charge in [-0.25, -0.2) is 4.79 Å². The average Bonchev–Trinajstić information content (AvgIpc) is 2.71. The first-order chi connectivity index (χ1) is 9.43. The molecule has 1 aromatic heterocycles. The molecule has 0 aliphatic carbocycles. The van der Waals surface area contributed by atoms with Crippen molar-refractivity contribution in [2.24, 2.45) is 7.05 Å². The largest absolute Gasteiger partial charge is 0.465 e. The molecule has 1 heterocycles. The summed E-state index contributed by atoms with van der Waals surface area (Å²) in [5, 5.41) is 14.1. The molecule has 0 unspecified atom stereocenters. The van der Waals surface area contributed by atoms with Crippen molar-refractivity contribution in [1.82, 2.24) is 9.78 Å². The summed E-state index contributed by atoms with van der Waals surface area (Å²) in [6.07, 6.45) is 0.492. The second kappa shape index (κ2) is 5.85.